The van der Waals surface area contributed by atoms with Crippen LogP contribution in [0.2, 0.25) is 0 Å². The molecule has 0 N–H and O–H groups in total. The number of hydrogen-bond donors (Lipinski definition) is 0. The van der Waals surface area contributed by atoms with Crippen molar-refractivity contribution in [3.63, 3.8) is 0 Å². The molecule has 1 aromatic heterocycles. The maximum Gasteiger partial charge on any atom is 0.0709 e. The Kier molecular flexibility index (Phi) is 4.94. The molecule has 3 heteroatoms. The highest BCUT2D eigenvalue weighted by molar-refractivity contribution is 8.07. The van der Waals surface area contributed by atoms with Crippen LogP contribution >= 0.6 is 11.8 Å². The molecule has 2 rings (SSSR count). The van der Waals surface area contributed by atoms with Gasteiger partial charge in [-0.25, -0.2) is 0 Å². The van der Waals surface area contributed by atoms with Crippen LogP contribution in [0.25, 0.3) is 12.2 Å². The van der Waals surface area contributed by atoms with E-state index in [2.05, 4.69) is 35.1 Å². The molecule has 0 unspecified atom stereocenters. The average Bonchev–Trinajstić information content (AvgIpc) is 2.52. The molecular weight excluding hydrogens is 264 g/mol. The zero-order valence-electron chi connectivity index (χ0n) is 11.5. The van der Waals surface area contributed by atoms with Gasteiger partial charge in [0.2, 0.25) is 0 Å². The number of nitrogens with zero attached hydrogens (tertiary/aromatic N) is 2. The summed E-state index contributed by atoms with van der Waals surface area (Å²) in [6.45, 7) is 9.69. The first-order chi connectivity index (χ1) is 9.74. The van der Waals surface area contributed by atoms with Crippen LogP contribution in [-0.4, -0.2) is 11.7 Å². The highest BCUT2D eigenvalue weighted by Gasteiger charge is 2.06. The first-order valence-corrected chi connectivity index (χ1v) is 7.13. The summed E-state index contributed by atoms with van der Waals surface area (Å²) in [5.74, 6) is 0. The van der Waals surface area contributed by atoms with Gasteiger partial charge in [-0.3, -0.25) is 9.98 Å². The van der Waals surface area contributed by atoms with Gasteiger partial charge in [-0.15, -0.1) is 5.73 Å². The first kappa shape index (κ1) is 14.3. The number of aromatic nitrogens is 1. The number of pyridine rings is 1. The van der Waals surface area contributed by atoms with E-state index < -0.39 is 0 Å². The minimum Gasteiger partial charge on any atom is -0.268 e. The normalized spacial score (nSPS) is 21.6. The molecule has 0 spiro atoms. The van der Waals surface area contributed by atoms with Gasteiger partial charge in [0.05, 0.1) is 11.0 Å². The van der Waals surface area contributed by atoms with Gasteiger partial charge in [-0.05, 0) is 43.2 Å². The molecular formula is C17H16N2S. The predicted octanol–water partition coefficient (Wildman–Crippen LogP) is 2.94. The van der Waals surface area contributed by atoms with Crippen LogP contribution in [0.15, 0.2) is 63.3 Å². The van der Waals surface area contributed by atoms with Gasteiger partial charge >= 0.3 is 0 Å². The third-order valence-electron chi connectivity index (χ3n) is 2.78. The van der Waals surface area contributed by atoms with Crippen LogP contribution in [0.4, 0.5) is 0 Å². The molecule has 0 amide bonds. The second-order valence-corrected chi connectivity index (χ2v) is 5.34. The van der Waals surface area contributed by atoms with Crippen molar-refractivity contribution in [2.24, 2.45) is 4.99 Å². The van der Waals surface area contributed by atoms with Crippen molar-refractivity contribution in [3.05, 3.63) is 68.9 Å². The molecule has 0 atom stereocenters. The van der Waals surface area contributed by atoms with Gasteiger partial charge in [0.15, 0.2) is 0 Å². The fourth-order valence-corrected chi connectivity index (χ4v) is 2.67. The second kappa shape index (κ2) is 6.90. The van der Waals surface area contributed by atoms with Gasteiger partial charge in [0.1, 0.15) is 0 Å². The molecule has 100 valence electrons. The zero-order chi connectivity index (χ0) is 14.4. The second-order valence-electron chi connectivity index (χ2n) is 4.17. The monoisotopic (exact) mass is 280 g/mol. The van der Waals surface area contributed by atoms with Crippen molar-refractivity contribution < 1.29 is 0 Å². The van der Waals surface area contributed by atoms with E-state index in [1.54, 1.807) is 18.0 Å². The smallest absolute Gasteiger partial charge is 0.0709 e. The Morgan fingerprint density at radius 3 is 3.10 bits per heavy atom. The summed E-state index contributed by atoms with van der Waals surface area (Å²) in [4.78, 5) is 10.5. The van der Waals surface area contributed by atoms with E-state index >= 15 is 0 Å². The standard InChI is InChI=1S/C17H16N2S/c1-4-5-8-17-15(18-3)10-9-14-7-6-11-19-16(14)12-13(2)20-17/h4,6-9,11-12H,2-3,10H2,1H3/b14-9-,16-12+,17-15+. The molecule has 2 nitrogen and oxygen atoms in total. The lowest BCUT2D eigenvalue weighted by molar-refractivity contribution is 1.18. The summed E-state index contributed by atoms with van der Waals surface area (Å²) < 4.78 is 0. The fourth-order valence-electron chi connectivity index (χ4n) is 1.83. The molecule has 0 radical (unpaired) electrons. The van der Waals surface area contributed by atoms with E-state index in [1.165, 1.54) is 0 Å². The van der Waals surface area contributed by atoms with Crippen LogP contribution in [0.1, 0.15) is 13.3 Å². The number of rotatable bonds is 2. The topological polar surface area (TPSA) is 25.2 Å². The quantitative estimate of drug-likeness (QED) is 0.615. The molecule has 0 aromatic carbocycles. The van der Waals surface area contributed by atoms with Gasteiger partial charge in [0.25, 0.3) is 0 Å². The molecule has 1 aromatic rings. The van der Waals surface area contributed by atoms with Crippen molar-refractivity contribution >= 4 is 30.6 Å². The Morgan fingerprint density at radius 1 is 1.50 bits per heavy atom. The number of hydrogen-bond acceptors (Lipinski definition) is 3. The Balaban J connectivity index is 2.61. The molecule has 1 aliphatic heterocycles. The molecule has 0 saturated heterocycles. The largest absolute Gasteiger partial charge is 0.268 e. The van der Waals surface area contributed by atoms with E-state index in [9.17, 15) is 0 Å². The van der Waals surface area contributed by atoms with Gasteiger partial charge < -0.3 is 0 Å². The van der Waals surface area contributed by atoms with E-state index in [-0.39, 0.29) is 0 Å². The molecule has 0 fully saturated rings. The van der Waals surface area contributed by atoms with Crippen molar-refractivity contribution in [2.45, 2.75) is 13.3 Å². The van der Waals surface area contributed by atoms with Crippen LogP contribution in [0, 0.1) is 0 Å². The molecule has 2 heterocycles. The van der Waals surface area contributed by atoms with Crippen LogP contribution < -0.4 is 10.6 Å². The Morgan fingerprint density at radius 2 is 2.35 bits per heavy atom. The Bertz CT molecular complexity index is 747. The SMILES string of the molecule is C=N/C1=C(\C=C=CC)SC(=C)/C=c2/nccc/c2=C/C1. The summed E-state index contributed by atoms with van der Waals surface area (Å²) in [6.07, 6.45) is 10.4. The van der Waals surface area contributed by atoms with Crippen LogP contribution in [-0.2, 0) is 0 Å². The van der Waals surface area contributed by atoms with Gasteiger partial charge in [-0.1, -0.05) is 30.5 Å². The van der Waals surface area contributed by atoms with Crippen molar-refractivity contribution in [3.8, 4) is 0 Å². The van der Waals surface area contributed by atoms with E-state index in [1.807, 2.05) is 37.3 Å². The number of allylic oxidation sites excluding steroid dienone is 3. The molecule has 1 aliphatic rings. The van der Waals surface area contributed by atoms with Crippen LogP contribution in [0.5, 0.6) is 0 Å². The lowest BCUT2D eigenvalue weighted by Gasteiger charge is -2.04. The lowest BCUT2D eigenvalue weighted by Crippen LogP contribution is -2.27. The third kappa shape index (κ3) is 3.47. The van der Waals surface area contributed by atoms with E-state index in [0.29, 0.717) is 6.42 Å². The first-order valence-electron chi connectivity index (χ1n) is 6.31. The maximum atomic E-state index is 4.39. The summed E-state index contributed by atoms with van der Waals surface area (Å²) in [7, 11) is 0. The van der Waals surface area contributed by atoms with Crippen LogP contribution in [0.3, 0.4) is 0 Å². The zero-order valence-corrected chi connectivity index (χ0v) is 12.3. The number of fused-ring (bicyclic) bond motifs is 1. The molecule has 0 saturated carbocycles. The molecule has 0 bridgehead atoms. The predicted molar refractivity (Wildman–Crippen MR) is 88.7 cm³/mol. The molecule has 20 heavy (non-hydrogen) atoms. The number of thioether (sulfide) groups is 1. The lowest BCUT2D eigenvalue weighted by atomic mass is 10.2. The Hall–Kier alpha value is -2.09. The summed E-state index contributed by atoms with van der Waals surface area (Å²) in [5, 5.41) is 2.02. The van der Waals surface area contributed by atoms with Gasteiger partial charge in [-0.2, -0.15) is 0 Å². The number of aliphatic imine (C=N–C) groups is 1. The fraction of sp³-hybridized carbons (Fsp3) is 0.118. The van der Waals surface area contributed by atoms with E-state index in [4.69, 9.17) is 0 Å². The van der Waals surface area contributed by atoms with Crippen molar-refractivity contribution in [2.75, 3.05) is 0 Å². The molecule has 0 aliphatic carbocycles. The van der Waals surface area contributed by atoms with E-state index in [0.717, 1.165) is 26.1 Å². The van der Waals surface area contributed by atoms with Crippen molar-refractivity contribution in [1.29, 1.82) is 0 Å². The third-order valence-corrected chi connectivity index (χ3v) is 3.74. The highest BCUT2D eigenvalue weighted by atomic mass is 32.2. The van der Waals surface area contributed by atoms with Crippen molar-refractivity contribution in [1.82, 2.24) is 4.98 Å². The Labute approximate surface area is 123 Å². The van der Waals surface area contributed by atoms with Gasteiger partial charge in [0, 0.05) is 22.4 Å². The minimum atomic E-state index is 0.716. The summed E-state index contributed by atoms with van der Waals surface area (Å²) in [5.41, 5.74) is 4.02. The average molecular weight is 280 g/mol. The maximum absolute atomic E-state index is 4.39. The summed E-state index contributed by atoms with van der Waals surface area (Å²) >= 11 is 1.57. The highest BCUT2D eigenvalue weighted by Crippen LogP contribution is 2.30. The summed E-state index contributed by atoms with van der Waals surface area (Å²) in [6, 6.07) is 3.98. The minimum absolute atomic E-state index is 0.716.